The summed E-state index contributed by atoms with van der Waals surface area (Å²) in [7, 11) is -1.50. The first-order chi connectivity index (χ1) is 9.37. The van der Waals surface area contributed by atoms with Gasteiger partial charge in [0.1, 0.15) is 0 Å². The molecule has 1 aliphatic rings. The summed E-state index contributed by atoms with van der Waals surface area (Å²) in [5, 5.41) is 3.09. The third kappa shape index (κ3) is 2.75. The first-order valence-electron chi connectivity index (χ1n) is 7.14. The molecule has 1 aliphatic heterocycles. The second-order valence-corrected chi connectivity index (χ2v) is 7.54. The van der Waals surface area contributed by atoms with Gasteiger partial charge in [-0.1, -0.05) is 6.07 Å². The van der Waals surface area contributed by atoms with Crippen LogP contribution in [0.4, 0.5) is 0 Å². The van der Waals surface area contributed by atoms with Crippen LogP contribution in [-0.4, -0.2) is 32.4 Å². The molecule has 1 aromatic carbocycles. The summed E-state index contributed by atoms with van der Waals surface area (Å²) in [4.78, 5) is 0.460. The topological polar surface area (TPSA) is 49.4 Å². The molecular weight excluding hydrogens is 272 g/mol. The smallest absolute Gasteiger partial charge is 0.243 e. The number of benzene rings is 1. The van der Waals surface area contributed by atoms with Gasteiger partial charge in [-0.05, 0) is 63.4 Å². The standard InChI is InChI=1S/C15H24N2O2S/c1-11-8-12(2)15(9-14(11)10-16-4)20(18,19)17-7-5-6-13(17)3/h8-9,13,16H,5-7,10H2,1-4H3. The predicted octanol–water partition coefficient (Wildman–Crippen LogP) is 2.20. The molecule has 2 rings (SSSR count). The Hall–Kier alpha value is -0.910. The van der Waals surface area contributed by atoms with E-state index >= 15 is 0 Å². The van der Waals surface area contributed by atoms with E-state index in [1.165, 1.54) is 0 Å². The quantitative estimate of drug-likeness (QED) is 0.926. The molecule has 5 heteroatoms. The Kier molecular flexibility index (Phi) is 4.52. The Morgan fingerprint density at radius 3 is 2.55 bits per heavy atom. The van der Waals surface area contributed by atoms with Crippen LogP contribution in [0, 0.1) is 13.8 Å². The molecule has 1 aromatic rings. The highest BCUT2D eigenvalue weighted by molar-refractivity contribution is 7.89. The van der Waals surface area contributed by atoms with E-state index in [9.17, 15) is 8.42 Å². The number of rotatable bonds is 4. The number of hydrogen-bond donors (Lipinski definition) is 1. The van der Waals surface area contributed by atoms with Crippen molar-refractivity contribution in [1.82, 2.24) is 9.62 Å². The van der Waals surface area contributed by atoms with Crippen molar-refractivity contribution >= 4 is 10.0 Å². The Balaban J connectivity index is 2.48. The molecule has 1 N–H and O–H groups in total. The minimum atomic E-state index is -3.37. The molecule has 1 atom stereocenters. The van der Waals surface area contributed by atoms with Gasteiger partial charge in [0, 0.05) is 19.1 Å². The molecule has 0 spiro atoms. The Morgan fingerprint density at radius 2 is 2.00 bits per heavy atom. The summed E-state index contributed by atoms with van der Waals surface area (Å²) in [6, 6.07) is 3.91. The van der Waals surface area contributed by atoms with Crippen molar-refractivity contribution in [3.63, 3.8) is 0 Å². The SMILES string of the molecule is CNCc1cc(S(=O)(=O)N2CCCC2C)c(C)cc1C. The van der Waals surface area contributed by atoms with Gasteiger partial charge in [0.05, 0.1) is 4.90 Å². The molecule has 1 fully saturated rings. The Morgan fingerprint density at radius 1 is 1.30 bits per heavy atom. The van der Waals surface area contributed by atoms with Crippen LogP contribution in [0.2, 0.25) is 0 Å². The van der Waals surface area contributed by atoms with Crippen LogP contribution in [-0.2, 0) is 16.6 Å². The van der Waals surface area contributed by atoms with E-state index in [4.69, 9.17) is 0 Å². The van der Waals surface area contributed by atoms with Gasteiger partial charge in [-0.3, -0.25) is 0 Å². The summed E-state index contributed by atoms with van der Waals surface area (Å²) in [6.07, 6.45) is 1.90. The van der Waals surface area contributed by atoms with Gasteiger partial charge in [0.25, 0.3) is 0 Å². The van der Waals surface area contributed by atoms with Crippen molar-refractivity contribution in [2.45, 2.75) is 51.1 Å². The minimum absolute atomic E-state index is 0.105. The zero-order valence-corrected chi connectivity index (χ0v) is 13.5. The normalized spacial score (nSPS) is 20.5. The highest BCUT2D eigenvalue weighted by Gasteiger charge is 2.33. The molecule has 20 heavy (non-hydrogen) atoms. The van der Waals surface area contributed by atoms with Crippen molar-refractivity contribution in [2.24, 2.45) is 0 Å². The number of nitrogens with zero attached hydrogens (tertiary/aromatic N) is 1. The fourth-order valence-electron chi connectivity index (χ4n) is 2.92. The summed E-state index contributed by atoms with van der Waals surface area (Å²) in [5.74, 6) is 0. The van der Waals surface area contributed by atoms with Crippen LogP contribution in [0.15, 0.2) is 17.0 Å². The van der Waals surface area contributed by atoms with Crippen LogP contribution < -0.4 is 5.32 Å². The Bertz CT molecular complexity index is 596. The minimum Gasteiger partial charge on any atom is -0.316 e. The molecule has 0 amide bonds. The van der Waals surface area contributed by atoms with Crippen LogP contribution in [0.3, 0.4) is 0 Å². The Labute approximate surface area is 122 Å². The second-order valence-electron chi connectivity index (χ2n) is 5.68. The van der Waals surface area contributed by atoms with E-state index in [2.05, 4.69) is 5.32 Å². The van der Waals surface area contributed by atoms with Gasteiger partial charge in [-0.15, -0.1) is 0 Å². The number of sulfonamides is 1. The van der Waals surface area contributed by atoms with Crippen molar-refractivity contribution in [3.8, 4) is 0 Å². The van der Waals surface area contributed by atoms with Crippen LogP contribution in [0.25, 0.3) is 0 Å². The molecule has 1 unspecified atom stereocenters. The highest BCUT2D eigenvalue weighted by Crippen LogP contribution is 2.29. The maximum absolute atomic E-state index is 12.8. The fraction of sp³-hybridized carbons (Fsp3) is 0.600. The van der Waals surface area contributed by atoms with Gasteiger partial charge >= 0.3 is 0 Å². The van der Waals surface area contributed by atoms with Gasteiger partial charge < -0.3 is 5.32 Å². The average molecular weight is 296 g/mol. The number of aryl methyl sites for hydroxylation is 2. The third-order valence-electron chi connectivity index (χ3n) is 4.08. The lowest BCUT2D eigenvalue weighted by Gasteiger charge is -2.23. The summed E-state index contributed by atoms with van der Waals surface area (Å²) in [6.45, 7) is 7.21. The molecule has 4 nitrogen and oxygen atoms in total. The first-order valence-corrected chi connectivity index (χ1v) is 8.58. The van der Waals surface area contributed by atoms with Gasteiger partial charge in [0.2, 0.25) is 10.0 Å². The molecular formula is C15H24N2O2S. The lowest BCUT2D eigenvalue weighted by atomic mass is 10.1. The summed E-state index contributed by atoms with van der Waals surface area (Å²) >= 11 is 0. The largest absolute Gasteiger partial charge is 0.316 e. The fourth-order valence-corrected chi connectivity index (χ4v) is 4.88. The molecule has 0 aliphatic carbocycles. The van der Waals surface area contributed by atoms with Crippen LogP contribution in [0.1, 0.15) is 36.5 Å². The number of nitrogens with one attached hydrogen (secondary N) is 1. The van der Waals surface area contributed by atoms with Crippen molar-refractivity contribution in [3.05, 3.63) is 28.8 Å². The maximum Gasteiger partial charge on any atom is 0.243 e. The van der Waals surface area contributed by atoms with E-state index < -0.39 is 10.0 Å². The van der Waals surface area contributed by atoms with E-state index in [0.717, 1.165) is 29.5 Å². The second kappa shape index (κ2) is 5.84. The van der Waals surface area contributed by atoms with Gasteiger partial charge in [-0.25, -0.2) is 8.42 Å². The zero-order valence-electron chi connectivity index (χ0n) is 12.7. The van der Waals surface area contributed by atoms with Gasteiger partial charge in [0.15, 0.2) is 0 Å². The number of hydrogen-bond acceptors (Lipinski definition) is 3. The summed E-state index contributed by atoms with van der Waals surface area (Å²) in [5.41, 5.74) is 3.01. The molecule has 0 bridgehead atoms. The lowest BCUT2D eigenvalue weighted by Crippen LogP contribution is -2.34. The van der Waals surface area contributed by atoms with Crippen molar-refractivity contribution in [2.75, 3.05) is 13.6 Å². The van der Waals surface area contributed by atoms with Crippen LogP contribution in [0.5, 0.6) is 0 Å². The van der Waals surface area contributed by atoms with E-state index in [1.54, 1.807) is 4.31 Å². The predicted molar refractivity (Wildman–Crippen MR) is 81.3 cm³/mol. The van der Waals surface area contributed by atoms with Crippen molar-refractivity contribution in [1.29, 1.82) is 0 Å². The molecule has 1 heterocycles. The molecule has 0 saturated carbocycles. The van der Waals surface area contributed by atoms with Crippen molar-refractivity contribution < 1.29 is 8.42 Å². The van der Waals surface area contributed by atoms with E-state index in [0.29, 0.717) is 18.0 Å². The van der Waals surface area contributed by atoms with Crippen LogP contribution >= 0.6 is 0 Å². The third-order valence-corrected chi connectivity index (χ3v) is 6.23. The van der Waals surface area contributed by atoms with E-state index in [-0.39, 0.29) is 6.04 Å². The molecule has 112 valence electrons. The van der Waals surface area contributed by atoms with E-state index in [1.807, 2.05) is 40.0 Å². The maximum atomic E-state index is 12.8. The van der Waals surface area contributed by atoms with Gasteiger partial charge in [-0.2, -0.15) is 4.31 Å². The molecule has 0 radical (unpaired) electrons. The first kappa shape index (κ1) is 15.5. The molecule has 1 saturated heterocycles. The lowest BCUT2D eigenvalue weighted by molar-refractivity contribution is 0.408. The monoisotopic (exact) mass is 296 g/mol. The molecule has 0 aromatic heterocycles. The zero-order chi connectivity index (χ0) is 14.9. The highest BCUT2D eigenvalue weighted by atomic mass is 32.2. The average Bonchev–Trinajstić information content (AvgIpc) is 2.79. The summed E-state index contributed by atoms with van der Waals surface area (Å²) < 4.78 is 27.3.